The molecule has 0 saturated heterocycles. The molecule has 0 fully saturated rings. The van der Waals surface area contributed by atoms with Crippen molar-refractivity contribution in [3.8, 4) is 11.5 Å². The Labute approximate surface area is 163 Å². The topological polar surface area (TPSA) is 69.6 Å². The third-order valence-corrected chi connectivity index (χ3v) is 4.39. The predicted molar refractivity (Wildman–Crippen MR) is 108 cm³/mol. The van der Waals surface area contributed by atoms with E-state index in [-0.39, 0.29) is 11.1 Å². The average Bonchev–Trinajstić information content (AvgIpc) is 2.71. The maximum atomic E-state index is 12.8. The number of methoxy groups -OCH3 is 2. The van der Waals surface area contributed by atoms with Gasteiger partial charge in [-0.3, -0.25) is 9.59 Å². The fourth-order valence-corrected chi connectivity index (χ4v) is 2.83. The number of carbonyl (C=O) groups is 1. The van der Waals surface area contributed by atoms with Crippen molar-refractivity contribution >= 4 is 11.6 Å². The van der Waals surface area contributed by atoms with Gasteiger partial charge in [0.05, 0.1) is 26.5 Å². The molecular formula is C22H22N2O4. The molecule has 6 nitrogen and oxygen atoms in total. The molecule has 0 aliphatic heterocycles. The van der Waals surface area contributed by atoms with Gasteiger partial charge in [0.1, 0.15) is 17.1 Å². The monoisotopic (exact) mass is 378 g/mol. The Kier molecular flexibility index (Phi) is 5.79. The number of ether oxygens (including phenoxy) is 2. The highest BCUT2D eigenvalue weighted by atomic mass is 16.5. The molecule has 0 spiro atoms. The number of aryl methyl sites for hydroxylation is 1. The Morgan fingerprint density at radius 1 is 1.04 bits per heavy atom. The van der Waals surface area contributed by atoms with Crippen LogP contribution in [0.5, 0.6) is 11.5 Å². The number of aromatic nitrogens is 1. The van der Waals surface area contributed by atoms with Crippen LogP contribution in [-0.2, 0) is 6.54 Å². The van der Waals surface area contributed by atoms with E-state index >= 15 is 0 Å². The number of anilines is 1. The van der Waals surface area contributed by atoms with Crippen LogP contribution >= 0.6 is 0 Å². The van der Waals surface area contributed by atoms with Crippen molar-refractivity contribution in [1.29, 1.82) is 0 Å². The van der Waals surface area contributed by atoms with Crippen LogP contribution in [-0.4, -0.2) is 24.7 Å². The minimum atomic E-state index is -0.505. The molecule has 3 rings (SSSR count). The second-order valence-electron chi connectivity index (χ2n) is 6.36. The number of amides is 1. The Hall–Kier alpha value is -3.54. The highest BCUT2D eigenvalue weighted by molar-refractivity contribution is 6.04. The van der Waals surface area contributed by atoms with Crippen molar-refractivity contribution in [2.75, 3.05) is 19.5 Å². The fourth-order valence-electron chi connectivity index (χ4n) is 2.83. The van der Waals surface area contributed by atoms with E-state index in [0.717, 1.165) is 11.1 Å². The van der Waals surface area contributed by atoms with E-state index in [1.54, 1.807) is 30.5 Å². The number of hydrogen-bond donors (Lipinski definition) is 1. The molecule has 28 heavy (non-hydrogen) atoms. The smallest absolute Gasteiger partial charge is 0.263 e. The van der Waals surface area contributed by atoms with Gasteiger partial charge in [0.2, 0.25) is 0 Å². The van der Waals surface area contributed by atoms with Gasteiger partial charge in [-0.25, -0.2) is 0 Å². The number of carbonyl (C=O) groups excluding carboxylic acids is 1. The van der Waals surface area contributed by atoms with Crippen LogP contribution in [0, 0.1) is 6.92 Å². The summed E-state index contributed by atoms with van der Waals surface area (Å²) in [4.78, 5) is 25.5. The lowest BCUT2D eigenvalue weighted by Gasteiger charge is -2.12. The molecule has 0 aliphatic carbocycles. The molecule has 0 bridgehead atoms. The first kappa shape index (κ1) is 19.2. The second kappa shape index (κ2) is 8.43. The van der Waals surface area contributed by atoms with Crippen LogP contribution in [0.25, 0.3) is 0 Å². The molecule has 3 aromatic rings. The summed E-state index contributed by atoms with van der Waals surface area (Å²) < 4.78 is 12.0. The third-order valence-electron chi connectivity index (χ3n) is 4.39. The first-order valence-corrected chi connectivity index (χ1v) is 8.80. The van der Waals surface area contributed by atoms with E-state index in [1.165, 1.54) is 24.9 Å². The van der Waals surface area contributed by atoms with Crippen LogP contribution in [0.15, 0.2) is 65.6 Å². The summed E-state index contributed by atoms with van der Waals surface area (Å²) in [5, 5.41) is 2.73. The summed E-state index contributed by atoms with van der Waals surface area (Å²) in [5.74, 6) is 0.542. The number of hydrogen-bond acceptors (Lipinski definition) is 4. The largest absolute Gasteiger partial charge is 0.497 e. The second-order valence-corrected chi connectivity index (χ2v) is 6.36. The molecule has 0 aliphatic rings. The molecule has 144 valence electrons. The van der Waals surface area contributed by atoms with Crippen LogP contribution in [0.1, 0.15) is 21.5 Å². The van der Waals surface area contributed by atoms with Gasteiger partial charge in [-0.15, -0.1) is 0 Å². The number of benzene rings is 2. The summed E-state index contributed by atoms with van der Waals surface area (Å²) in [6.07, 6.45) is 1.67. The first-order valence-electron chi connectivity index (χ1n) is 8.80. The third kappa shape index (κ3) is 4.23. The summed E-state index contributed by atoms with van der Waals surface area (Å²) in [6, 6.07) is 16.2. The molecule has 6 heteroatoms. The van der Waals surface area contributed by atoms with Gasteiger partial charge >= 0.3 is 0 Å². The minimum Gasteiger partial charge on any atom is -0.497 e. The lowest BCUT2D eigenvalue weighted by atomic mass is 10.1. The van der Waals surface area contributed by atoms with E-state index in [4.69, 9.17) is 9.47 Å². The Balaban J connectivity index is 1.87. The van der Waals surface area contributed by atoms with E-state index in [0.29, 0.717) is 23.7 Å². The molecule has 0 unspecified atom stereocenters. The Morgan fingerprint density at radius 3 is 2.46 bits per heavy atom. The molecule has 1 amide bonds. The van der Waals surface area contributed by atoms with E-state index in [1.807, 2.05) is 31.2 Å². The highest BCUT2D eigenvalue weighted by Crippen LogP contribution is 2.29. The molecule has 2 aromatic carbocycles. The van der Waals surface area contributed by atoms with E-state index in [2.05, 4.69) is 5.32 Å². The van der Waals surface area contributed by atoms with Crippen LogP contribution in [0.2, 0.25) is 0 Å². The predicted octanol–water partition coefficient (Wildman–Crippen LogP) is 3.47. The van der Waals surface area contributed by atoms with Crippen LogP contribution in [0.4, 0.5) is 5.69 Å². The zero-order chi connectivity index (χ0) is 20.1. The van der Waals surface area contributed by atoms with Gasteiger partial charge in [-0.05, 0) is 36.8 Å². The zero-order valence-electron chi connectivity index (χ0n) is 16.1. The summed E-state index contributed by atoms with van der Waals surface area (Å²) in [6.45, 7) is 2.40. The minimum absolute atomic E-state index is 0.0551. The van der Waals surface area contributed by atoms with Gasteiger partial charge in [0, 0.05) is 12.3 Å². The van der Waals surface area contributed by atoms with Crippen molar-refractivity contribution in [1.82, 2.24) is 4.57 Å². The summed E-state index contributed by atoms with van der Waals surface area (Å²) in [7, 11) is 3.04. The van der Waals surface area contributed by atoms with Crippen LogP contribution < -0.4 is 20.3 Å². The fraction of sp³-hybridized carbons (Fsp3) is 0.182. The van der Waals surface area contributed by atoms with Gasteiger partial charge < -0.3 is 19.4 Å². The SMILES string of the molecule is COc1ccc(OC)c(NC(=O)c2cccn(Cc3ccc(C)cc3)c2=O)c1. The molecule has 1 aromatic heterocycles. The number of nitrogens with one attached hydrogen (secondary N) is 1. The maximum Gasteiger partial charge on any atom is 0.263 e. The summed E-state index contributed by atoms with van der Waals surface area (Å²) in [5.41, 5.74) is 2.26. The molecule has 0 atom stereocenters. The Bertz CT molecular complexity index is 1040. The first-order chi connectivity index (χ1) is 13.5. The van der Waals surface area contributed by atoms with Gasteiger partial charge in [-0.1, -0.05) is 29.8 Å². The number of rotatable bonds is 6. The van der Waals surface area contributed by atoms with Crippen molar-refractivity contribution in [2.24, 2.45) is 0 Å². The quantitative estimate of drug-likeness (QED) is 0.713. The number of nitrogens with zero attached hydrogens (tertiary/aromatic N) is 1. The molecule has 0 saturated carbocycles. The van der Waals surface area contributed by atoms with Gasteiger partial charge in [0.25, 0.3) is 11.5 Å². The zero-order valence-corrected chi connectivity index (χ0v) is 16.1. The number of pyridine rings is 1. The van der Waals surface area contributed by atoms with Crippen LogP contribution in [0.3, 0.4) is 0 Å². The van der Waals surface area contributed by atoms with Gasteiger partial charge in [0.15, 0.2) is 0 Å². The van der Waals surface area contributed by atoms with E-state index < -0.39 is 5.91 Å². The van der Waals surface area contributed by atoms with Crippen molar-refractivity contribution in [3.05, 3.63) is 87.8 Å². The van der Waals surface area contributed by atoms with Crippen molar-refractivity contribution in [3.63, 3.8) is 0 Å². The summed E-state index contributed by atoms with van der Waals surface area (Å²) >= 11 is 0. The van der Waals surface area contributed by atoms with Gasteiger partial charge in [-0.2, -0.15) is 0 Å². The molecule has 0 radical (unpaired) electrons. The van der Waals surface area contributed by atoms with Crippen molar-refractivity contribution in [2.45, 2.75) is 13.5 Å². The standard InChI is InChI=1S/C22H22N2O4/c1-15-6-8-16(9-7-15)14-24-12-4-5-18(22(24)26)21(25)23-19-13-17(27-2)10-11-20(19)28-3/h4-13H,14H2,1-3H3,(H,23,25). The molecular weight excluding hydrogens is 356 g/mol. The maximum absolute atomic E-state index is 12.8. The normalized spacial score (nSPS) is 10.4. The van der Waals surface area contributed by atoms with E-state index in [9.17, 15) is 9.59 Å². The van der Waals surface area contributed by atoms with Crippen molar-refractivity contribution < 1.29 is 14.3 Å². The molecule has 1 N–H and O–H groups in total. The molecule has 1 heterocycles. The average molecular weight is 378 g/mol. The lowest BCUT2D eigenvalue weighted by molar-refractivity contribution is 0.102. The highest BCUT2D eigenvalue weighted by Gasteiger charge is 2.15. The lowest BCUT2D eigenvalue weighted by Crippen LogP contribution is -2.29. The Morgan fingerprint density at radius 2 is 1.79 bits per heavy atom.